The molecule has 3 aromatic rings. The number of nitrogens with one attached hydrogen (secondary N) is 2. The van der Waals surface area contributed by atoms with Crippen molar-refractivity contribution in [2.24, 2.45) is 0 Å². The molecule has 0 aliphatic rings. The van der Waals surface area contributed by atoms with Gasteiger partial charge >= 0.3 is 0 Å². The lowest BCUT2D eigenvalue weighted by Crippen LogP contribution is -2.22. The van der Waals surface area contributed by atoms with Crippen LogP contribution >= 0.6 is 11.8 Å². The van der Waals surface area contributed by atoms with Crippen LogP contribution in [0.1, 0.15) is 38.1 Å². The van der Waals surface area contributed by atoms with Crippen LogP contribution < -0.4 is 10.6 Å². The highest BCUT2D eigenvalue weighted by atomic mass is 32.2. The van der Waals surface area contributed by atoms with Gasteiger partial charge in [-0.15, -0.1) is 10.2 Å². The fourth-order valence-corrected chi connectivity index (χ4v) is 3.56. The summed E-state index contributed by atoms with van der Waals surface area (Å²) in [5.74, 6) is 0.430. The molecule has 0 aliphatic carbocycles. The number of thioether (sulfide) groups is 1. The SMILES string of the molecule is CC(=O)Nc1cccc(NC(=O)C(C)Sc2nnc(CC(C)c3ccccc3)o2)c1. The fourth-order valence-electron chi connectivity index (χ4n) is 2.86. The van der Waals surface area contributed by atoms with Crippen molar-refractivity contribution in [2.75, 3.05) is 10.6 Å². The molecule has 2 amide bonds. The third-order valence-electron chi connectivity index (χ3n) is 4.40. The Morgan fingerprint density at radius 2 is 1.70 bits per heavy atom. The molecule has 3 rings (SSSR count). The van der Waals surface area contributed by atoms with Crippen molar-refractivity contribution in [3.63, 3.8) is 0 Å². The van der Waals surface area contributed by atoms with E-state index in [9.17, 15) is 9.59 Å². The zero-order valence-corrected chi connectivity index (χ0v) is 17.9. The summed E-state index contributed by atoms with van der Waals surface area (Å²) in [6.07, 6.45) is 0.633. The first-order valence-corrected chi connectivity index (χ1v) is 10.5. The van der Waals surface area contributed by atoms with Crippen LogP contribution in [0.2, 0.25) is 0 Å². The second-order valence-corrected chi connectivity index (χ2v) is 8.28. The maximum atomic E-state index is 12.5. The molecule has 0 radical (unpaired) electrons. The third-order valence-corrected chi connectivity index (χ3v) is 5.33. The van der Waals surface area contributed by atoms with Crippen LogP contribution in [0.4, 0.5) is 11.4 Å². The molecule has 2 unspecified atom stereocenters. The van der Waals surface area contributed by atoms with Gasteiger partial charge in [0.2, 0.25) is 17.7 Å². The number of aromatic nitrogens is 2. The molecule has 0 saturated carbocycles. The lowest BCUT2D eigenvalue weighted by Gasteiger charge is -2.11. The van der Waals surface area contributed by atoms with Gasteiger partial charge in [0.25, 0.3) is 5.22 Å². The minimum atomic E-state index is -0.436. The molecule has 1 heterocycles. The zero-order valence-electron chi connectivity index (χ0n) is 17.1. The summed E-state index contributed by atoms with van der Waals surface area (Å²) in [6.45, 7) is 5.31. The van der Waals surface area contributed by atoms with Crippen molar-refractivity contribution in [1.29, 1.82) is 0 Å². The van der Waals surface area contributed by atoms with Gasteiger partial charge < -0.3 is 15.1 Å². The molecule has 8 heteroatoms. The van der Waals surface area contributed by atoms with Crippen LogP contribution in [0.15, 0.2) is 64.2 Å². The Hall–Kier alpha value is -3.13. The Kier molecular flexibility index (Phi) is 7.24. The summed E-state index contributed by atoms with van der Waals surface area (Å²) in [7, 11) is 0. The molecular weight excluding hydrogens is 400 g/mol. The van der Waals surface area contributed by atoms with Crippen LogP contribution in [-0.2, 0) is 16.0 Å². The smallest absolute Gasteiger partial charge is 0.277 e. The molecule has 0 saturated heterocycles. The summed E-state index contributed by atoms with van der Waals surface area (Å²) in [5.41, 5.74) is 2.43. The first-order chi connectivity index (χ1) is 14.4. The van der Waals surface area contributed by atoms with Gasteiger partial charge in [-0.05, 0) is 36.6 Å². The minimum absolute atomic E-state index is 0.170. The van der Waals surface area contributed by atoms with E-state index < -0.39 is 5.25 Å². The van der Waals surface area contributed by atoms with Crippen molar-refractivity contribution in [3.05, 3.63) is 66.1 Å². The molecular formula is C22H24N4O3S. The Bertz CT molecular complexity index is 1010. The highest BCUT2D eigenvalue weighted by molar-refractivity contribution is 8.00. The number of carbonyl (C=O) groups excluding carboxylic acids is 2. The number of carbonyl (C=O) groups is 2. The second-order valence-electron chi connectivity index (χ2n) is 6.99. The molecule has 2 N–H and O–H groups in total. The summed E-state index contributed by atoms with van der Waals surface area (Å²) in [5, 5.41) is 13.6. The summed E-state index contributed by atoms with van der Waals surface area (Å²) in [4.78, 5) is 23.7. The highest BCUT2D eigenvalue weighted by Gasteiger charge is 2.19. The van der Waals surface area contributed by atoms with Gasteiger partial charge in [-0.25, -0.2) is 0 Å². The van der Waals surface area contributed by atoms with Crippen molar-refractivity contribution in [3.8, 4) is 0 Å². The van der Waals surface area contributed by atoms with E-state index in [4.69, 9.17) is 4.42 Å². The van der Waals surface area contributed by atoms with E-state index in [-0.39, 0.29) is 17.7 Å². The molecule has 2 aromatic carbocycles. The van der Waals surface area contributed by atoms with E-state index in [0.29, 0.717) is 28.9 Å². The average Bonchev–Trinajstić information content (AvgIpc) is 3.15. The topological polar surface area (TPSA) is 97.1 Å². The number of hydrogen-bond donors (Lipinski definition) is 2. The number of rotatable bonds is 8. The minimum Gasteiger partial charge on any atom is -0.416 e. The maximum absolute atomic E-state index is 12.5. The fraction of sp³-hybridized carbons (Fsp3) is 0.273. The Balaban J connectivity index is 1.55. The third kappa shape index (κ3) is 6.18. The van der Waals surface area contributed by atoms with Gasteiger partial charge in [0.15, 0.2) is 0 Å². The predicted octanol–water partition coefficient (Wildman–Crippen LogP) is 4.49. The van der Waals surface area contributed by atoms with Gasteiger partial charge in [0.1, 0.15) is 0 Å². The van der Waals surface area contributed by atoms with E-state index in [2.05, 4.69) is 39.9 Å². The number of hydrogen-bond acceptors (Lipinski definition) is 6. The summed E-state index contributed by atoms with van der Waals surface area (Å²) in [6, 6.07) is 17.1. The molecule has 0 bridgehead atoms. The van der Waals surface area contributed by atoms with Crippen molar-refractivity contribution < 1.29 is 14.0 Å². The van der Waals surface area contributed by atoms with Gasteiger partial charge in [-0.1, -0.05) is 55.1 Å². The number of benzene rings is 2. The van der Waals surface area contributed by atoms with Crippen LogP contribution in [0.5, 0.6) is 0 Å². The Morgan fingerprint density at radius 3 is 2.40 bits per heavy atom. The number of anilines is 2. The molecule has 0 aliphatic heterocycles. The first-order valence-electron chi connectivity index (χ1n) is 9.63. The van der Waals surface area contributed by atoms with Gasteiger partial charge in [0, 0.05) is 24.7 Å². The van der Waals surface area contributed by atoms with Gasteiger partial charge in [-0.3, -0.25) is 9.59 Å². The zero-order chi connectivity index (χ0) is 21.5. The largest absolute Gasteiger partial charge is 0.416 e. The normalized spacial score (nSPS) is 12.8. The molecule has 156 valence electrons. The monoisotopic (exact) mass is 424 g/mol. The van der Waals surface area contributed by atoms with Crippen molar-refractivity contribution in [2.45, 2.75) is 43.6 Å². The second kappa shape index (κ2) is 10.1. The molecule has 0 spiro atoms. The van der Waals surface area contributed by atoms with Crippen molar-refractivity contribution >= 4 is 35.0 Å². The van der Waals surface area contributed by atoms with Crippen molar-refractivity contribution in [1.82, 2.24) is 10.2 Å². The summed E-state index contributed by atoms with van der Waals surface area (Å²) >= 11 is 1.21. The maximum Gasteiger partial charge on any atom is 0.277 e. The average molecular weight is 425 g/mol. The van der Waals surface area contributed by atoms with E-state index in [1.807, 2.05) is 18.2 Å². The van der Waals surface area contributed by atoms with E-state index in [1.54, 1.807) is 31.2 Å². The van der Waals surface area contributed by atoms with Crippen LogP contribution in [0.25, 0.3) is 0 Å². The number of nitrogens with zero attached hydrogens (tertiary/aromatic N) is 2. The summed E-state index contributed by atoms with van der Waals surface area (Å²) < 4.78 is 5.72. The lowest BCUT2D eigenvalue weighted by molar-refractivity contribution is -0.115. The Morgan fingerprint density at radius 1 is 1.00 bits per heavy atom. The molecule has 7 nitrogen and oxygen atoms in total. The van der Waals surface area contributed by atoms with E-state index in [0.717, 1.165) is 0 Å². The molecule has 30 heavy (non-hydrogen) atoms. The molecule has 2 atom stereocenters. The van der Waals surface area contributed by atoms with Gasteiger partial charge in [-0.2, -0.15) is 0 Å². The van der Waals surface area contributed by atoms with E-state index >= 15 is 0 Å². The molecule has 1 aromatic heterocycles. The predicted molar refractivity (Wildman–Crippen MR) is 118 cm³/mol. The molecule has 0 fully saturated rings. The van der Waals surface area contributed by atoms with Crippen LogP contribution in [0.3, 0.4) is 0 Å². The lowest BCUT2D eigenvalue weighted by atomic mass is 9.98. The first kappa shape index (κ1) is 21.6. The van der Waals surface area contributed by atoms with E-state index in [1.165, 1.54) is 24.2 Å². The van der Waals surface area contributed by atoms with Crippen LogP contribution in [-0.4, -0.2) is 27.3 Å². The van der Waals surface area contributed by atoms with Gasteiger partial charge in [0.05, 0.1) is 5.25 Å². The highest BCUT2D eigenvalue weighted by Crippen LogP contribution is 2.26. The number of amides is 2. The quantitative estimate of drug-likeness (QED) is 0.517. The standard InChI is InChI=1S/C22H24N4O3S/c1-14(17-8-5-4-6-9-17)12-20-25-26-22(29-20)30-15(2)21(28)24-19-11-7-10-18(13-19)23-16(3)27/h4-11,13-15H,12H2,1-3H3,(H,23,27)(H,24,28). The Labute approximate surface area is 179 Å². The van der Waals surface area contributed by atoms with Crippen LogP contribution in [0, 0.1) is 0 Å².